The van der Waals surface area contributed by atoms with Gasteiger partial charge in [-0.1, -0.05) is 18.2 Å². The Balaban J connectivity index is 3.86. The zero-order valence-corrected chi connectivity index (χ0v) is 7.96. The van der Waals surface area contributed by atoms with Gasteiger partial charge >= 0.3 is 0 Å². The molecule has 0 saturated carbocycles. The minimum atomic E-state index is 0.971. The SMILES string of the molecule is C=CCCC=NC(=C\C)/C=C/C. The predicted octanol–water partition coefficient (Wildman–Crippen LogP) is 3.50. The Morgan fingerprint density at radius 2 is 2.08 bits per heavy atom. The first-order chi connectivity index (χ1) is 5.85. The zero-order valence-electron chi connectivity index (χ0n) is 7.96. The largest absolute Gasteiger partial charge is 0.262 e. The lowest BCUT2D eigenvalue weighted by molar-refractivity contribution is 1.12. The summed E-state index contributed by atoms with van der Waals surface area (Å²) in [5.74, 6) is 0. The van der Waals surface area contributed by atoms with Gasteiger partial charge in [0.05, 0.1) is 5.70 Å². The number of rotatable bonds is 5. The van der Waals surface area contributed by atoms with Gasteiger partial charge in [-0.05, 0) is 32.8 Å². The highest BCUT2D eigenvalue weighted by molar-refractivity contribution is 5.59. The van der Waals surface area contributed by atoms with Crippen LogP contribution in [0.1, 0.15) is 26.7 Å². The van der Waals surface area contributed by atoms with Gasteiger partial charge in [-0.3, -0.25) is 4.99 Å². The Labute approximate surface area is 75.2 Å². The van der Waals surface area contributed by atoms with Crippen molar-refractivity contribution in [2.75, 3.05) is 0 Å². The van der Waals surface area contributed by atoms with Gasteiger partial charge in [0.1, 0.15) is 0 Å². The average molecular weight is 163 g/mol. The van der Waals surface area contributed by atoms with Crippen LogP contribution in [0.5, 0.6) is 0 Å². The highest BCUT2D eigenvalue weighted by Crippen LogP contribution is 1.98. The van der Waals surface area contributed by atoms with Crippen LogP contribution < -0.4 is 0 Å². The summed E-state index contributed by atoms with van der Waals surface area (Å²) in [6.45, 7) is 7.62. The van der Waals surface area contributed by atoms with E-state index in [2.05, 4.69) is 11.6 Å². The fourth-order valence-corrected chi connectivity index (χ4v) is 0.747. The molecule has 0 rings (SSSR count). The van der Waals surface area contributed by atoms with E-state index >= 15 is 0 Å². The van der Waals surface area contributed by atoms with E-state index in [1.165, 1.54) is 0 Å². The maximum absolute atomic E-state index is 4.27. The van der Waals surface area contributed by atoms with Crippen molar-refractivity contribution in [1.29, 1.82) is 0 Å². The molecule has 0 heterocycles. The second-order valence-electron chi connectivity index (χ2n) is 2.39. The maximum atomic E-state index is 4.27. The number of nitrogens with zero attached hydrogens (tertiary/aromatic N) is 1. The third kappa shape index (κ3) is 5.66. The summed E-state index contributed by atoms with van der Waals surface area (Å²) in [4.78, 5) is 4.27. The number of hydrogen-bond donors (Lipinski definition) is 0. The highest BCUT2D eigenvalue weighted by atomic mass is 14.7. The summed E-state index contributed by atoms with van der Waals surface area (Å²) < 4.78 is 0. The summed E-state index contributed by atoms with van der Waals surface area (Å²) in [6, 6.07) is 0. The fourth-order valence-electron chi connectivity index (χ4n) is 0.747. The molecular formula is C11H17N. The Hall–Kier alpha value is -1.11. The van der Waals surface area contributed by atoms with Crippen LogP contribution in [-0.4, -0.2) is 6.21 Å². The topological polar surface area (TPSA) is 12.4 Å². The maximum Gasteiger partial charge on any atom is 0.0579 e. The van der Waals surface area contributed by atoms with E-state index in [0.717, 1.165) is 18.5 Å². The van der Waals surface area contributed by atoms with Gasteiger partial charge in [-0.25, -0.2) is 0 Å². The van der Waals surface area contributed by atoms with Crippen LogP contribution in [0.3, 0.4) is 0 Å². The smallest absolute Gasteiger partial charge is 0.0579 e. The van der Waals surface area contributed by atoms with Crippen LogP contribution in [0, 0.1) is 0 Å². The van der Waals surface area contributed by atoms with E-state index in [4.69, 9.17) is 0 Å². The molecule has 1 nitrogen and oxygen atoms in total. The van der Waals surface area contributed by atoms with Crippen LogP contribution in [0.4, 0.5) is 0 Å². The minimum absolute atomic E-state index is 0.971. The molecule has 0 amide bonds. The van der Waals surface area contributed by atoms with Crippen molar-refractivity contribution >= 4 is 6.21 Å². The van der Waals surface area contributed by atoms with Crippen molar-refractivity contribution in [3.05, 3.63) is 36.6 Å². The molecule has 0 fully saturated rings. The van der Waals surface area contributed by atoms with Crippen molar-refractivity contribution < 1.29 is 0 Å². The molecule has 0 aliphatic rings. The van der Waals surface area contributed by atoms with E-state index in [1.807, 2.05) is 44.4 Å². The molecule has 0 atom stereocenters. The predicted molar refractivity (Wildman–Crippen MR) is 56.5 cm³/mol. The molecule has 66 valence electrons. The van der Waals surface area contributed by atoms with Crippen molar-refractivity contribution in [3.8, 4) is 0 Å². The Morgan fingerprint density at radius 1 is 1.33 bits per heavy atom. The molecule has 12 heavy (non-hydrogen) atoms. The minimum Gasteiger partial charge on any atom is -0.262 e. The van der Waals surface area contributed by atoms with Crippen molar-refractivity contribution in [1.82, 2.24) is 0 Å². The molecule has 0 radical (unpaired) electrons. The first-order valence-corrected chi connectivity index (χ1v) is 4.27. The van der Waals surface area contributed by atoms with Gasteiger partial charge < -0.3 is 0 Å². The van der Waals surface area contributed by atoms with Gasteiger partial charge in [0.15, 0.2) is 0 Å². The van der Waals surface area contributed by atoms with E-state index in [-0.39, 0.29) is 0 Å². The zero-order chi connectivity index (χ0) is 9.23. The molecular weight excluding hydrogens is 146 g/mol. The molecule has 0 N–H and O–H groups in total. The average Bonchev–Trinajstić information content (AvgIpc) is 2.10. The van der Waals surface area contributed by atoms with Gasteiger partial charge in [-0.15, -0.1) is 6.58 Å². The van der Waals surface area contributed by atoms with Gasteiger partial charge in [-0.2, -0.15) is 0 Å². The van der Waals surface area contributed by atoms with Crippen molar-refractivity contribution in [2.45, 2.75) is 26.7 Å². The molecule has 0 spiro atoms. The number of allylic oxidation sites excluding steroid dienone is 4. The summed E-state index contributed by atoms with van der Waals surface area (Å²) in [5, 5.41) is 0. The van der Waals surface area contributed by atoms with Crippen LogP contribution in [0.25, 0.3) is 0 Å². The monoisotopic (exact) mass is 163 g/mol. The number of unbranched alkanes of at least 4 members (excludes halogenated alkanes) is 1. The molecule has 0 aromatic heterocycles. The van der Waals surface area contributed by atoms with Gasteiger partial charge in [0.2, 0.25) is 0 Å². The summed E-state index contributed by atoms with van der Waals surface area (Å²) in [5.41, 5.74) is 1.02. The second kappa shape index (κ2) is 7.99. The van der Waals surface area contributed by atoms with E-state index in [1.54, 1.807) is 0 Å². The Kier molecular flexibility index (Phi) is 7.25. The first kappa shape index (κ1) is 10.9. The first-order valence-electron chi connectivity index (χ1n) is 4.27. The molecule has 0 saturated heterocycles. The van der Waals surface area contributed by atoms with Gasteiger partial charge in [0, 0.05) is 6.21 Å². The van der Waals surface area contributed by atoms with Crippen LogP contribution in [0.15, 0.2) is 41.6 Å². The van der Waals surface area contributed by atoms with E-state index in [0.29, 0.717) is 0 Å². The quantitative estimate of drug-likeness (QED) is 0.254. The molecule has 1 heteroatoms. The lowest BCUT2D eigenvalue weighted by Crippen LogP contribution is -1.76. The Bertz CT molecular complexity index is 197. The standard InChI is InChI=1S/C11H17N/c1-4-7-8-10-12-11(6-3)9-5-2/h4-6,9-10H,1,7-8H2,2-3H3/b9-5+,11-6-,12-10?. The van der Waals surface area contributed by atoms with Crippen molar-refractivity contribution in [3.63, 3.8) is 0 Å². The molecule has 0 aliphatic heterocycles. The summed E-state index contributed by atoms with van der Waals surface area (Å²) in [6.07, 6.45) is 11.8. The molecule has 0 aromatic rings. The molecule has 0 aromatic carbocycles. The highest BCUT2D eigenvalue weighted by Gasteiger charge is 1.81. The van der Waals surface area contributed by atoms with Crippen molar-refractivity contribution in [2.24, 2.45) is 4.99 Å². The van der Waals surface area contributed by atoms with E-state index < -0.39 is 0 Å². The normalized spacial score (nSPS) is 13.0. The lowest BCUT2D eigenvalue weighted by Gasteiger charge is -1.90. The van der Waals surface area contributed by atoms with Crippen LogP contribution in [0.2, 0.25) is 0 Å². The summed E-state index contributed by atoms with van der Waals surface area (Å²) in [7, 11) is 0. The molecule has 0 bridgehead atoms. The second-order valence-corrected chi connectivity index (χ2v) is 2.39. The third-order valence-electron chi connectivity index (χ3n) is 1.37. The van der Waals surface area contributed by atoms with E-state index in [9.17, 15) is 0 Å². The lowest BCUT2D eigenvalue weighted by atomic mass is 10.3. The Morgan fingerprint density at radius 3 is 2.58 bits per heavy atom. The fraction of sp³-hybridized carbons (Fsp3) is 0.364. The summed E-state index contributed by atoms with van der Waals surface area (Å²) >= 11 is 0. The number of hydrogen-bond acceptors (Lipinski definition) is 1. The third-order valence-corrected chi connectivity index (χ3v) is 1.37. The van der Waals surface area contributed by atoms with Crippen LogP contribution >= 0.6 is 0 Å². The number of aliphatic imine (C=N–C) groups is 1. The van der Waals surface area contributed by atoms with Crippen LogP contribution in [-0.2, 0) is 0 Å². The molecule has 0 aliphatic carbocycles. The molecule has 0 unspecified atom stereocenters. The van der Waals surface area contributed by atoms with Gasteiger partial charge in [0.25, 0.3) is 0 Å².